The average molecular weight is 577 g/mol. The summed E-state index contributed by atoms with van der Waals surface area (Å²) < 4.78 is 34.9. The molecule has 0 aliphatic rings. The van der Waals surface area contributed by atoms with E-state index < -0.39 is 28.6 Å². The number of Topliss-reactive ketones (excluding diaryl/α,β-unsaturated/α-hetero) is 1. The van der Waals surface area contributed by atoms with Gasteiger partial charge in [0, 0.05) is 0 Å². The van der Waals surface area contributed by atoms with Crippen LogP contribution in [0.2, 0.25) is 13.3 Å². The van der Waals surface area contributed by atoms with Crippen molar-refractivity contribution < 1.29 is 13.2 Å². The van der Waals surface area contributed by atoms with E-state index in [1.807, 2.05) is 4.40 Å². The van der Waals surface area contributed by atoms with Gasteiger partial charge in [0.15, 0.2) is 0 Å². The van der Waals surface area contributed by atoms with E-state index in [9.17, 15) is 13.2 Å². The number of fused-ring (bicyclic) bond motifs is 1. The summed E-state index contributed by atoms with van der Waals surface area (Å²) in [6.45, 7) is 6.53. The zero-order chi connectivity index (χ0) is 23.1. The van der Waals surface area contributed by atoms with Gasteiger partial charge in [-0.15, -0.1) is 0 Å². The average Bonchev–Trinajstić information content (AvgIpc) is 3.33. The van der Waals surface area contributed by atoms with Crippen molar-refractivity contribution >= 4 is 53.4 Å². The minimum atomic E-state index is -3.64. The normalized spacial score (nSPS) is 12.8. The van der Waals surface area contributed by atoms with Gasteiger partial charge in [0.05, 0.1) is 0 Å². The van der Waals surface area contributed by atoms with E-state index in [1.54, 1.807) is 17.7 Å². The first-order valence-electron chi connectivity index (χ1n) is 11.4. The molecule has 0 aromatic carbocycles. The van der Waals surface area contributed by atoms with Crippen LogP contribution in [-0.2, 0) is 10.2 Å². The number of ketones is 1. The minimum absolute atomic E-state index is 0.281. The molecule has 0 saturated heterocycles. The van der Waals surface area contributed by atoms with Gasteiger partial charge in [-0.05, 0) is 0 Å². The molecule has 0 radical (unpaired) electrons. The standard InChI is InChI=1S/C9H11N4O3S2.3C4H9.Sn/c1-12(2)18(15,16)11-5-7(14)8-9-13(6-10-8)3-4-17-9;3*1-3-4-2;/h3,6,11H,5H2,1-2H3;3*1,3-4H2,2H3;. The van der Waals surface area contributed by atoms with Crippen LogP contribution in [0.4, 0.5) is 0 Å². The van der Waals surface area contributed by atoms with Crippen LogP contribution in [0.1, 0.15) is 69.8 Å². The molecule has 2 aromatic rings. The molecule has 31 heavy (non-hydrogen) atoms. The van der Waals surface area contributed by atoms with Crippen LogP contribution >= 0.6 is 11.3 Å². The van der Waals surface area contributed by atoms with Crippen LogP contribution in [0.15, 0.2) is 12.5 Å². The zero-order valence-corrected chi connectivity index (χ0v) is 24.1. The van der Waals surface area contributed by atoms with E-state index in [0.717, 1.165) is 9.14 Å². The topological polar surface area (TPSA) is 83.8 Å². The number of carbonyl (C=O) groups is 1. The van der Waals surface area contributed by atoms with Gasteiger partial charge in [-0.25, -0.2) is 0 Å². The number of unbranched alkanes of at least 4 members (excludes halogenated alkanes) is 3. The molecule has 2 aromatic heterocycles. The fraction of sp³-hybridized carbons (Fsp3) is 0.714. The molecule has 1 N–H and O–H groups in total. The molecule has 0 spiro atoms. The first kappa shape index (κ1) is 26.8. The number of thiazole rings is 1. The second kappa shape index (κ2) is 12.1. The van der Waals surface area contributed by atoms with Crippen LogP contribution in [-0.4, -0.2) is 66.9 Å². The molecule has 0 atom stereocenters. The maximum atomic E-state index is 12.8. The number of rotatable bonds is 15. The fourth-order valence-electron chi connectivity index (χ4n) is 3.90. The molecular weight excluding hydrogens is 539 g/mol. The van der Waals surface area contributed by atoms with Gasteiger partial charge >= 0.3 is 197 Å². The Morgan fingerprint density at radius 3 is 2.13 bits per heavy atom. The van der Waals surface area contributed by atoms with Crippen LogP contribution in [0.25, 0.3) is 4.83 Å². The Bertz CT molecular complexity index is 931. The number of nitrogens with one attached hydrogen (secondary N) is 1. The second-order valence-corrected chi connectivity index (χ2v) is 25.7. The van der Waals surface area contributed by atoms with Crippen molar-refractivity contribution in [2.45, 2.75) is 72.6 Å². The Kier molecular flexibility index (Phi) is 10.5. The molecule has 0 aliphatic carbocycles. The van der Waals surface area contributed by atoms with Crippen LogP contribution in [0.3, 0.4) is 0 Å². The van der Waals surface area contributed by atoms with Crippen molar-refractivity contribution in [2.75, 3.05) is 20.6 Å². The number of hydrogen-bond donors (Lipinski definition) is 1. The van der Waals surface area contributed by atoms with Crippen molar-refractivity contribution in [2.24, 2.45) is 0 Å². The molecule has 10 heteroatoms. The fourth-order valence-corrected chi connectivity index (χ4v) is 24.5. The summed E-state index contributed by atoms with van der Waals surface area (Å²) in [5.74, 6) is -0.294. The van der Waals surface area contributed by atoms with Crippen molar-refractivity contribution in [3.05, 3.63) is 18.2 Å². The molecular formula is C21H38N4O3S2Sn. The van der Waals surface area contributed by atoms with Gasteiger partial charge in [0.25, 0.3) is 0 Å². The molecule has 0 unspecified atom stereocenters. The molecule has 0 amide bonds. The quantitative estimate of drug-likeness (QED) is 0.256. The number of imidazole rings is 1. The summed E-state index contributed by atoms with van der Waals surface area (Å²) in [5.41, 5.74) is 0.374. The number of hydrogen-bond acceptors (Lipinski definition) is 5. The summed E-state index contributed by atoms with van der Waals surface area (Å²) in [7, 11) is -0.778. The van der Waals surface area contributed by atoms with Gasteiger partial charge in [-0.2, -0.15) is 0 Å². The number of nitrogens with zero attached hydrogens (tertiary/aromatic N) is 3. The summed E-state index contributed by atoms with van der Waals surface area (Å²) in [6, 6.07) is 0. The van der Waals surface area contributed by atoms with Crippen molar-refractivity contribution in [3.63, 3.8) is 0 Å². The van der Waals surface area contributed by atoms with Crippen LogP contribution < -0.4 is 7.62 Å². The molecule has 2 heterocycles. The third-order valence-corrected chi connectivity index (χ3v) is 26.7. The first-order chi connectivity index (χ1) is 14.7. The van der Waals surface area contributed by atoms with E-state index in [-0.39, 0.29) is 12.3 Å². The van der Waals surface area contributed by atoms with Crippen molar-refractivity contribution in [3.8, 4) is 0 Å². The van der Waals surface area contributed by atoms with Gasteiger partial charge in [0.2, 0.25) is 0 Å². The Hall–Kier alpha value is -0.491. The number of carbonyl (C=O) groups excluding carboxylic acids is 1. The van der Waals surface area contributed by atoms with Gasteiger partial charge in [-0.1, -0.05) is 0 Å². The SMILES string of the molecule is CCC[CH2][Sn]([CH2]CCC)([CH2]CCC)[c]1cn2cnc(C(=O)CNS(=O)(=O)N(C)C)c2s1. The molecule has 0 fully saturated rings. The predicted octanol–water partition coefficient (Wildman–Crippen LogP) is 4.03. The molecule has 0 bridgehead atoms. The zero-order valence-electron chi connectivity index (χ0n) is 19.6. The van der Waals surface area contributed by atoms with Crippen LogP contribution in [0, 0.1) is 0 Å². The summed E-state index contributed by atoms with van der Waals surface area (Å²) in [4.78, 5) is 17.9. The maximum absolute atomic E-state index is 12.8. The van der Waals surface area contributed by atoms with Crippen molar-refractivity contribution in [1.29, 1.82) is 0 Å². The molecule has 0 saturated carbocycles. The van der Waals surface area contributed by atoms with Gasteiger partial charge in [0.1, 0.15) is 0 Å². The van der Waals surface area contributed by atoms with Gasteiger partial charge in [-0.3, -0.25) is 0 Å². The third kappa shape index (κ3) is 6.75. The van der Waals surface area contributed by atoms with E-state index in [4.69, 9.17) is 0 Å². The van der Waals surface area contributed by atoms with E-state index >= 15 is 0 Å². The number of aromatic nitrogens is 2. The summed E-state index contributed by atoms with van der Waals surface area (Å²) >= 11 is -0.841. The summed E-state index contributed by atoms with van der Waals surface area (Å²) in [6.07, 6.45) is 11.5. The molecule has 0 aliphatic heterocycles. The van der Waals surface area contributed by atoms with Crippen LogP contribution in [0.5, 0.6) is 0 Å². The van der Waals surface area contributed by atoms with E-state index in [2.05, 4.69) is 36.7 Å². The van der Waals surface area contributed by atoms with Crippen molar-refractivity contribution in [1.82, 2.24) is 18.4 Å². The Labute approximate surface area is 195 Å². The van der Waals surface area contributed by atoms with E-state index in [0.29, 0.717) is 5.69 Å². The molecule has 7 nitrogen and oxygen atoms in total. The molecule has 2 rings (SSSR count). The predicted molar refractivity (Wildman–Crippen MR) is 133 cm³/mol. The second-order valence-electron chi connectivity index (χ2n) is 8.52. The Balaban J connectivity index is 2.36. The van der Waals surface area contributed by atoms with E-state index in [1.165, 1.54) is 68.8 Å². The van der Waals surface area contributed by atoms with Gasteiger partial charge < -0.3 is 0 Å². The Morgan fingerprint density at radius 2 is 1.65 bits per heavy atom. The summed E-state index contributed by atoms with van der Waals surface area (Å²) in [5, 5.41) is 0. The third-order valence-electron chi connectivity index (χ3n) is 5.92. The monoisotopic (exact) mass is 578 g/mol. The molecule has 176 valence electrons. The first-order valence-corrected chi connectivity index (χ1v) is 21.1. The Morgan fingerprint density at radius 1 is 1.10 bits per heavy atom.